The smallest absolute Gasteiger partial charge is 0.0695 e. The van der Waals surface area contributed by atoms with Crippen LogP contribution in [0.5, 0.6) is 0 Å². The Morgan fingerprint density at radius 2 is 2.11 bits per heavy atom. The van der Waals surface area contributed by atoms with Gasteiger partial charge >= 0.3 is 0 Å². The number of hydrogen-bond acceptors (Lipinski definition) is 3. The molecule has 4 heteroatoms. The second-order valence-electron chi connectivity index (χ2n) is 4.58. The van der Waals surface area contributed by atoms with Crippen LogP contribution in [0.3, 0.4) is 0 Å². The van der Waals surface area contributed by atoms with Gasteiger partial charge in [-0.3, -0.25) is 5.10 Å². The van der Waals surface area contributed by atoms with Crippen LogP contribution in [0, 0.1) is 0 Å². The summed E-state index contributed by atoms with van der Waals surface area (Å²) in [7, 11) is 0. The molecule has 2 N–H and O–H groups in total. The topological polar surface area (TPSA) is 49.9 Å². The highest BCUT2D eigenvalue weighted by molar-refractivity contribution is 5.62. The summed E-state index contributed by atoms with van der Waals surface area (Å²) in [5.41, 5.74) is 3.42. The molecule has 2 aromatic rings. The van der Waals surface area contributed by atoms with Crippen LogP contribution >= 0.6 is 0 Å². The van der Waals surface area contributed by atoms with Crippen LogP contribution in [0.15, 0.2) is 36.5 Å². The zero-order valence-electron chi connectivity index (χ0n) is 11.5. The Kier molecular flexibility index (Phi) is 5.12. The Balaban J connectivity index is 1.97. The van der Waals surface area contributed by atoms with Gasteiger partial charge in [-0.25, -0.2) is 0 Å². The third-order valence-electron chi connectivity index (χ3n) is 2.99. The van der Waals surface area contributed by atoms with Crippen molar-refractivity contribution < 1.29 is 4.74 Å². The molecule has 102 valence electrons. The van der Waals surface area contributed by atoms with Gasteiger partial charge < -0.3 is 10.1 Å². The van der Waals surface area contributed by atoms with Crippen LogP contribution in [0.4, 0.5) is 0 Å². The number of aromatic nitrogens is 2. The Hall–Kier alpha value is -1.65. The summed E-state index contributed by atoms with van der Waals surface area (Å²) >= 11 is 0. The Morgan fingerprint density at radius 3 is 2.84 bits per heavy atom. The van der Waals surface area contributed by atoms with Crippen molar-refractivity contribution >= 4 is 0 Å². The molecule has 0 bridgehead atoms. The third-order valence-corrected chi connectivity index (χ3v) is 2.99. The van der Waals surface area contributed by atoms with E-state index in [1.54, 1.807) is 0 Å². The predicted octanol–water partition coefficient (Wildman–Crippen LogP) is 2.59. The van der Waals surface area contributed by atoms with Crippen molar-refractivity contribution in [3.63, 3.8) is 0 Å². The monoisotopic (exact) mass is 259 g/mol. The molecule has 0 aliphatic carbocycles. The summed E-state index contributed by atoms with van der Waals surface area (Å²) < 4.78 is 5.39. The lowest BCUT2D eigenvalue weighted by molar-refractivity contribution is 0.127. The predicted molar refractivity (Wildman–Crippen MR) is 76.8 cm³/mol. The number of hydrogen-bond donors (Lipinski definition) is 2. The SMILES string of the molecule is CCOCC(C)NCc1cn[nH]c1-c1ccccc1. The van der Waals surface area contributed by atoms with Crippen LogP contribution in [-0.2, 0) is 11.3 Å². The van der Waals surface area contributed by atoms with Crippen molar-refractivity contribution in [1.82, 2.24) is 15.5 Å². The molecule has 0 saturated carbocycles. The molecule has 1 aromatic heterocycles. The number of aromatic amines is 1. The molecule has 1 atom stereocenters. The van der Waals surface area contributed by atoms with Crippen molar-refractivity contribution in [2.75, 3.05) is 13.2 Å². The second kappa shape index (κ2) is 7.07. The van der Waals surface area contributed by atoms with Crippen LogP contribution in [0.2, 0.25) is 0 Å². The van der Waals surface area contributed by atoms with Gasteiger partial charge in [-0.05, 0) is 19.4 Å². The van der Waals surface area contributed by atoms with Gasteiger partial charge in [-0.15, -0.1) is 0 Å². The van der Waals surface area contributed by atoms with Gasteiger partial charge in [0.2, 0.25) is 0 Å². The van der Waals surface area contributed by atoms with Gasteiger partial charge in [-0.1, -0.05) is 30.3 Å². The third kappa shape index (κ3) is 3.91. The number of H-pyrrole nitrogens is 1. The van der Waals surface area contributed by atoms with E-state index >= 15 is 0 Å². The van der Waals surface area contributed by atoms with E-state index in [4.69, 9.17) is 4.74 Å². The first kappa shape index (κ1) is 13.8. The molecule has 0 saturated heterocycles. The molecule has 0 amide bonds. The van der Waals surface area contributed by atoms with Crippen molar-refractivity contribution in [2.24, 2.45) is 0 Å². The molecule has 0 aliphatic heterocycles. The fraction of sp³-hybridized carbons (Fsp3) is 0.400. The van der Waals surface area contributed by atoms with E-state index in [-0.39, 0.29) is 0 Å². The number of nitrogens with zero attached hydrogens (tertiary/aromatic N) is 1. The molecule has 2 rings (SSSR count). The van der Waals surface area contributed by atoms with E-state index in [0.717, 1.165) is 31.0 Å². The van der Waals surface area contributed by atoms with E-state index in [1.807, 2.05) is 31.3 Å². The lowest BCUT2D eigenvalue weighted by Gasteiger charge is -2.13. The first-order chi connectivity index (χ1) is 9.31. The minimum Gasteiger partial charge on any atom is -0.380 e. The van der Waals surface area contributed by atoms with Crippen molar-refractivity contribution in [1.29, 1.82) is 0 Å². The summed E-state index contributed by atoms with van der Waals surface area (Å²) in [5.74, 6) is 0. The van der Waals surface area contributed by atoms with E-state index in [9.17, 15) is 0 Å². The second-order valence-corrected chi connectivity index (χ2v) is 4.58. The van der Waals surface area contributed by atoms with Crippen molar-refractivity contribution in [3.05, 3.63) is 42.1 Å². The van der Waals surface area contributed by atoms with Gasteiger partial charge in [0.15, 0.2) is 0 Å². The maximum absolute atomic E-state index is 5.39. The average Bonchev–Trinajstić information content (AvgIpc) is 2.92. The van der Waals surface area contributed by atoms with Crippen LogP contribution in [0.1, 0.15) is 19.4 Å². The van der Waals surface area contributed by atoms with Gasteiger partial charge in [0.25, 0.3) is 0 Å². The summed E-state index contributed by atoms with van der Waals surface area (Å²) in [4.78, 5) is 0. The standard InChI is InChI=1S/C15H21N3O/c1-3-19-11-12(2)16-9-14-10-17-18-15(14)13-7-5-4-6-8-13/h4-8,10,12,16H,3,9,11H2,1-2H3,(H,17,18). The summed E-state index contributed by atoms with van der Waals surface area (Å²) in [6, 6.07) is 10.6. The molecule has 0 aliphatic rings. The first-order valence-electron chi connectivity index (χ1n) is 6.70. The number of nitrogens with one attached hydrogen (secondary N) is 2. The zero-order chi connectivity index (χ0) is 13.5. The molecular formula is C15H21N3O. The van der Waals surface area contributed by atoms with E-state index in [1.165, 1.54) is 5.56 Å². The molecule has 0 spiro atoms. The zero-order valence-corrected chi connectivity index (χ0v) is 11.5. The van der Waals surface area contributed by atoms with E-state index in [2.05, 4.69) is 34.6 Å². The van der Waals surface area contributed by atoms with Gasteiger partial charge in [-0.2, -0.15) is 5.10 Å². The molecule has 4 nitrogen and oxygen atoms in total. The average molecular weight is 259 g/mol. The molecule has 0 radical (unpaired) electrons. The Morgan fingerprint density at radius 1 is 1.32 bits per heavy atom. The quantitative estimate of drug-likeness (QED) is 0.803. The van der Waals surface area contributed by atoms with Gasteiger partial charge in [0, 0.05) is 24.8 Å². The lowest BCUT2D eigenvalue weighted by Crippen LogP contribution is -2.30. The fourth-order valence-electron chi connectivity index (χ4n) is 1.94. The molecule has 1 unspecified atom stereocenters. The molecule has 1 aromatic carbocycles. The van der Waals surface area contributed by atoms with Crippen molar-refractivity contribution in [3.8, 4) is 11.3 Å². The summed E-state index contributed by atoms with van der Waals surface area (Å²) in [6.07, 6.45) is 1.88. The molecular weight excluding hydrogens is 238 g/mol. The van der Waals surface area contributed by atoms with Gasteiger partial charge in [0.1, 0.15) is 0 Å². The molecule has 1 heterocycles. The number of benzene rings is 1. The largest absolute Gasteiger partial charge is 0.380 e. The lowest BCUT2D eigenvalue weighted by atomic mass is 10.1. The fourth-order valence-corrected chi connectivity index (χ4v) is 1.94. The maximum Gasteiger partial charge on any atom is 0.0695 e. The minimum absolute atomic E-state index is 0.332. The van der Waals surface area contributed by atoms with Crippen LogP contribution in [-0.4, -0.2) is 29.5 Å². The highest BCUT2D eigenvalue weighted by atomic mass is 16.5. The number of rotatable bonds is 7. The Bertz CT molecular complexity index is 481. The van der Waals surface area contributed by atoms with E-state index in [0.29, 0.717) is 6.04 Å². The van der Waals surface area contributed by atoms with Crippen LogP contribution < -0.4 is 5.32 Å². The minimum atomic E-state index is 0.332. The Labute approximate surface area is 114 Å². The van der Waals surface area contributed by atoms with Crippen LogP contribution in [0.25, 0.3) is 11.3 Å². The molecule has 19 heavy (non-hydrogen) atoms. The van der Waals surface area contributed by atoms with Gasteiger partial charge in [0.05, 0.1) is 18.5 Å². The summed E-state index contributed by atoms with van der Waals surface area (Å²) in [6.45, 7) is 6.41. The summed E-state index contributed by atoms with van der Waals surface area (Å²) in [5, 5.41) is 10.7. The normalized spacial score (nSPS) is 12.5. The van der Waals surface area contributed by atoms with Crippen molar-refractivity contribution in [2.45, 2.75) is 26.4 Å². The maximum atomic E-state index is 5.39. The highest BCUT2D eigenvalue weighted by Gasteiger charge is 2.08. The van der Waals surface area contributed by atoms with E-state index < -0.39 is 0 Å². The highest BCUT2D eigenvalue weighted by Crippen LogP contribution is 2.20. The number of ether oxygens (including phenoxy) is 1. The molecule has 0 fully saturated rings. The first-order valence-corrected chi connectivity index (χ1v) is 6.70.